The highest BCUT2D eigenvalue weighted by atomic mass is 19.1. The molecule has 3 aromatic rings. The van der Waals surface area contributed by atoms with Crippen molar-refractivity contribution in [2.45, 2.75) is 85.0 Å². The molecule has 0 spiro atoms. The minimum atomic E-state index is -0.877. The van der Waals surface area contributed by atoms with E-state index in [0.717, 1.165) is 0 Å². The van der Waals surface area contributed by atoms with Crippen LogP contribution in [0.15, 0.2) is 24.5 Å². The molecule has 2 aliphatic rings. The van der Waals surface area contributed by atoms with Crippen LogP contribution in [-0.4, -0.2) is 76.5 Å². The van der Waals surface area contributed by atoms with Gasteiger partial charge in [-0.05, 0) is 84.4 Å². The van der Waals surface area contributed by atoms with E-state index in [4.69, 9.17) is 14.2 Å². The molecule has 4 amide bonds. The highest BCUT2D eigenvalue weighted by molar-refractivity contribution is 6.05. The maximum Gasteiger partial charge on any atom is 0.414 e. The van der Waals surface area contributed by atoms with Gasteiger partial charge in [0.1, 0.15) is 23.1 Å². The van der Waals surface area contributed by atoms with Crippen molar-refractivity contribution in [3.05, 3.63) is 41.6 Å². The molecule has 2 N–H and O–H groups in total. The number of hydrogen-bond donors (Lipinski definition) is 2. The Kier molecular flexibility index (Phi) is 9.22. The van der Waals surface area contributed by atoms with E-state index in [1.807, 2.05) is 0 Å². The van der Waals surface area contributed by atoms with Gasteiger partial charge in [-0.25, -0.2) is 23.8 Å². The van der Waals surface area contributed by atoms with Crippen molar-refractivity contribution >= 4 is 52.2 Å². The van der Waals surface area contributed by atoms with E-state index < -0.39 is 41.4 Å². The lowest BCUT2D eigenvalue weighted by Crippen LogP contribution is -2.40. The quantitative estimate of drug-likeness (QED) is 0.296. The molecule has 1 fully saturated rings. The highest BCUT2D eigenvalue weighted by Crippen LogP contribution is 2.41. The molecule has 5 rings (SSSR count). The van der Waals surface area contributed by atoms with E-state index in [-0.39, 0.29) is 41.3 Å². The summed E-state index contributed by atoms with van der Waals surface area (Å²) in [5, 5.41) is 5.76. The standard InChI is InChI=1S/C34H41FN6O7/c1-18-22(15-36-24-10-9-11-41(29(18)24)32(45)48-34(5,6)7)21-12-19-13-25(38-30(43)46-20-14-26(42)40(8)17-20)37-16-23(19)28(27(21)35)39-31(44)47-33(2,3)4/h12-13,15-16,20H,9-11,14,17H2,1-8H3,(H,39,44)(H,37,38,43). The Morgan fingerprint density at radius 3 is 2.31 bits per heavy atom. The van der Waals surface area contributed by atoms with Gasteiger partial charge < -0.3 is 19.1 Å². The van der Waals surface area contributed by atoms with E-state index in [0.29, 0.717) is 47.3 Å². The summed E-state index contributed by atoms with van der Waals surface area (Å²) < 4.78 is 33.1. The third-order valence-electron chi connectivity index (χ3n) is 7.75. The molecule has 0 radical (unpaired) electrons. The van der Waals surface area contributed by atoms with E-state index in [1.165, 1.54) is 22.1 Å². The molecule has 2 aromatic heterocycles. The maximum absolute atomic E-state index is 16.6. The van der Waals surface area contributed by atoms with Crippen molar-refractivity contribution in [1.82, 2.24) is 14.9 Å². The molecule has 0 bridgehead atoms. The number of fused-ring (bicyclic) bond motifs is 2. The predicted molar refractivity (Wildman–Crippen MR) is 178 cm³/mol. The summed E-state index contributed by atoms with van der Waals surface area (Å²) in [5.41, 5.74) is 0.534. The molecule has 1 saturated heterocycles. The molecule has 14 heteroatoms. The molecule has 2 aliphatic heterocycles. The van der Waals surface area contributed by atoms with E-state index >= 15 is 4.39 Å². The van der Waals surface area contributed by atoms with Crippen LogP contribution < -0.4 is 15.5 Å². The second-order valence-corrected chi connectivity index (χ2v) is 14.0. The minimum Gasteiger partial charge on any atom is -0.444 e. The van der Waals surface area contributed by atoms with Gasteiger partial charge in [0.2, 0.25) is 5.91 Å². The number of carbonyl (C=O) groups excluding carboxylic acids is 4. The zero-order valence-electron chi connectivity index (χ0n) is 28.4. The SMILES string of the molecule is Cc1c(-c2cc3cc(NC(=O)OC4CC(=O)N(C)C4)ncc3c(NC(=O)OC(C)(C)C)c2F)cnc2c1N(C(=O)OC(C)(C)C)CCC2. The van der Waals surface area contributed by atoms with E-state index in [9.17, 15) is 19.2 Å². The summed E-state index contributed by atoms with van der Waals surface area (Å²) in [7, 11) is 1.63. The number of aryl methyl sites for hydroxylation is 1. The first kappa shape index (κ1) is 34.3. The molecule has 4 heterocycles. The third kappa shape index (κ3) is 7.58. The zero-order valence-corrected chi connectivity index (χ0v) is 28.4. The van der Waals surface area contributed by atoms with Gasteiger partial charge in [0.05, 0.1) is 30.0 Å². The molecule has 48 heavy (non-hydrogen) atoms. The first-order chi connectivity index (χ1) is 22.4. The summed E-state index contributed by atoms with van der Waals surface area (Å²) >= 11 is 0. The monoisotopic (exact) mass is 664 g/mol. The molecular weight excluding hydrogens is 623 g/mol. The first-order valence-corrected chi connectivity index (χ1v) is 15.7. The lowest BCUT2D eigenvalue weighted by atomic mass is 9.94. The van der Waals surface area contributed by atoms with Gasteiger partial charge in [-0.15, -0.1) is 0 Å². The number of ether oxygens (including phenoxy) is 3. The number of anilines is 3. The number of benzene rings is 1. The maximum atomic E-state index is 16.6. The zero-order chi connectivity index (χ0) is 35.1. The predicted octanol–water partition coefficient (Wildman–Crippen LogP) is 6.56. The number of rotatable bonds is 4. The van der Waals surface area contributed by atoms with Crippen LogP contribution in [0.25, 0.3) is 21.9 Å². The molecule has 1 aromatic carbocycles. The van der Waals surface area contributed by atoms with Crippen LogP contribution in [0.1, 0.15) is 65.6 Å². The van der Waals surface area contributed by atoms with Crippen LogP contribution in [0.5, 0.6) is 0 Å². The second-order valence-electron chi connectivity index (χ2n) is 14.0. The summed E-state index contributed by atoms with van der Waals surface area (Å²) in [5.74, 6) is -0.797. The fraction of sp³-hybridized carbons (Fsp3) is 0.471. The molecule has 13 nitrogen and oxygen atoms in total. The van der Waals surface area contributed by atoms with Gasteiger partial charge in [-0.1, -0.05) is 0 Å². The fourth-order valence-electron chi connectivity index (χ4n) is 5.72. The van der Waals surface area contributed by atoms with E-state index in [2.05, 4.69) is 20.6 Å². The van der Waals surface area contributed by atoms with Crippen LogP contribution >= 0.6 is 0 Å². The average Bonchev–Trinajstić information content (AvgIpc) is 3.28. The largest absolute Gasteiger partial charge is 0.444 e. The van der Waals surface area contributed by atoms with Crippen LogP contribution in [0.2, 0.25) is 0 Å². The number of halogens is 1. The van der Waals surface area contributed by atoms with E-state index in [1.54, 1.807) is 67.8 Å². The smallest absolute Gasteiger partial charge is 0.414 e. The molecule has 1 atom stereocenters. The number of amides is 4. The lowest BCUT2D eigenvalue weighted by molar-refractivity contribution is -0.126. The number of aromatic nitrogens is 2. The van der Waals surface area contributed by atoms with Crippen molar-refractivity contribution < 1.29 is 37.8 Å². The third-order valence-corrected chi connectivity index (χ3v) is 7.75. The van der Waals surface area contributed by atoms with Crippen molar-refractivity contribution in [2.75, 3.05) is 35.7 Å². The van der Waals surface area contributed by atoms with Crippen molar-refractivity contribution in [2.24, 2.45) is 0 Å². The lowest BCUT2D eigenvalue weighted by Gasteiger charge is -2.33. The molecule has 256 valence electrons. The Morgan fingerprint density at radius 2 is 1.67 bits per heavy atom. The highest BCUT2D eigenvalue weighted by Gasteiger charge is 2.32. The fourth-order valence-corrected chi connectivity index (χ4v) is 5.72. The van der Waals surface area contributed by atoms with Gasteiger partial charge in [-0.2, -0.15) is 0 Å². The van der Waals surface area contributed by atoms with Crippen LogP contribution in [-0.2, 0) is 25.4 Å². The Labute approximate surface area is 278 Å². The second kappa shape index (κ2) is 12.9. The average molecular weight is 665 g/mol. The van der Waals surface area contributed by atoms with Gasteiger partial charge in [0.25, 0.3) is 0 Å². The van der Waals surface area contributed by atoms with Crippen LogP contribution in [0, 0.1) is 12.7 Å². The Bertz CT molecular complexity index is 1800. The summed E-state index contributed by atoms with van der Waals surface area (Å²) in [6.07, 6.45) is 1.45. The minimum absolute atomic E-state index is 0.0803. The summed E-state index contributed by atoms with van der Waals surface area (Å²) in [6, 6.07) is 3.07. The number of hydrogen-bond acceptors (Lipinski definition) is 9. The Hall–Kier alpha value is -5.01. The van der Waals surface area contributed by atoms with Crippen molar-refractivity contribution in [3.8, 4) is 11.1 Å². The van der Waals surface area contributed by atoms with Gasteiger partial charge >= 0.3 is 18.3 Å². The van der Waals surface area contributed by atoms with Crippen molar-refractivity contribution in [3.63, 3.8) is 0 Å². The number of nitrogens with zero attached hydrogens (tertiary/aromatic N) is 4. The molecule has 0 aliphatic carbocycles. The van der Waals surface area contributed by atoms with Crippen LogP contribution in [0.4, 0.5) is 36.0 Å². The number of carbonyl (C=O) groups is 4. The number of pyridine rings is 2. The van der Waals surface area contributed by atoms with Gasteiger partial charge in [0.15, 0.2) is 5.82 Å². The molecule has 0 saturated carbocycles. The molecule has 1 unspecified atom stereocenters. The van der Waals surface area contributed by atoms with Gasteiger partial charge in [-0.3, -0.25) is 25.3 Å². The normalized spacial score (nSPS) is 16.4. The number of nitrogens with one attached hydrogen (secondary N) is 2. The van der Waals surface area contributed by atoms with Gasteiger partial charge in [0, 0.05) is 42.5 Å². The number of likely N-dealkylation sites (tertiary alicyclic amines) is 1. The summed E-state index contributed by atoms with van der Waals surface area (Å²) in [6.45, 7) is 12.9. The Morgan fingerprint density at radius 1 is 0.958 bits per heavy atom. The van der Waals surface area contributed by atoms with Crippen LogP contribution in [0.3, 0.4) is 0 Å². The number of likely N-dealkylation sites (N-methyl/N-ethyl adjacent to an activating group) is 1. The molecular formula is C34H41FN6O7. The Balaban J connectivity index is 1.57. The first-order valence-electron chi connectivity index (χ1n) is 15.7. The topological polar surface area (TPSA) is 152 Å². The van der Waals surface area contributed by atoms with Crippen molar-refractivity contribution in [1.29, 1.82) is 0 Å². The summed E-state index contributed by atoms with van der Waals surface area (Å²) in [4.78, 5) is 62.5.